The van der Waals surface area contributed by atoms with E-state index in [1.54, 1.807) is 0 Å². The van der Waals surface area contributed by atoms with Gasteiger partial charge in [-0.25, -0.2) is 4.98 Å². The molecule has 1 saturated heterocycles. The third-order valence-electron chi connectivity index (χ3n) is 5.95. The molecule has 30 heavy (non-hydrogen) atoms. The highest BCUT2D eigenvalue weighted by atomic mass is 16.2. The molecule has 1 aromatic carbocycles. The molecule has 7 nitrogen and oxygen atoms in total. The van der Waals surface area contributed by atoms with Gasteiger partial charge in [0.1, 0.15) is 11.9 Å². The smallest absolute Gasteiger partial charge is 0.243 e. The molecule has 7 heteroatoms. The number of para-hydroxylation sites is 2. The van der Waals surface area contributed by atoms with E-state index in [1.807, 2.05) is 50.3 Å². The van der Waals surface area contributed by atoms with Crippen molar-refractivity contribution in [3.63, 3.8) is 0 Å². The van der Waals surface area contributed by atoms with Crippen LogP contribution in [0.25, 0.3) is 11.0 Å². The Labute approximate surface area is 175 Å². The number of allylic oxidation sites excluding steroid dienone is 2. The van der Waals surface area contributed by atoms with Crippen LogP contribution in [0.2, 0.25) is 0 Å². The maximum absolute atomic E-state index is 13.0. The predicted molar refractivity (Wildman–Crippen MR) is 113 cm³/mol. The van der Waals surface area contributed by atoms with Gasteiger partial charge < -0.3 is 10.3 Å². The topological polar surface area (TPSA) is 95.2 Å². The second-order valence-electron chi connectivity index (χ2n) is 8.59. The molecule has 2 heterocycles. The number of amides is 3. The SMILES string of the molecule is CC(C)CC(C(=O)NCCc1nc2ccccc2[nH]1)N1C(=O)C2CC=CCC2C1=O. The van der Waals surface area contributed by atoms with Gasteiger partial charge in [-0.2, -0.15) is 0 Å². The molecule has 0 saturated carbocycles. The maximum Gasteiger partial charge on any atom is 0.243 e. The normalized spacial score (nSPS) is 22.0. The van der Waals surface area contributed by atoms with Crippen LogP contribution in [0.4, 0.5) is 0 Å². The van der Waals surface area contributed by atoms with Crippen LogP contribution in [0.1, 0.15) is 38.9 Å². The lowest BCUT2D eigenvalue weighted by Gasteiger charge is -2.27. The zero-order valence-electron chi connectivity index (χ0n) is 17.4. The summed E-state index contributed by atoms with van der Waals surface area (Å²) in [6.07, 6.45) is 6.08. The third-order valence-corrected chi connectivity index (χ3v) is 5.95. The van der Waals surface area contributed by atoms with Crippen LogP contribution in [0, 0.1) is 17.8 Å². The fourth-order valence-electron chi connectivity index (χ4n) is 4.46. The Morgan fingerprint density at radius 2 is 1.83 bits per heavy atom. The van der Waals surface area contributed by atoms with E-state index in [-0.39, 0.29) is 35.5 Å². The quantitative estimate of drug-likeness (QED) is 0.544. The fourth-order valence-corrected chi connectivity index (χ4v) is 4.46. The van der Waals surface area contributed by atoms with Crippen molar-refractivity contribution in [3.05, 3.63) is 42.2 Å². The van der Waals surface area contributed by atoms with Gasteiger partial charge in [0.05, 0.1) is 22.9 Å². The van der Waals surface area contributed by atoms with Gasteiger partial charge in [0.15, 0.2) is 0 Å². The lowest BCUT2D eigenvalue weighted by Crippen LogP contribution is -2.51. The van der Waals surface area contributed by atoms with E-state index in [0.717, 1.165) is 16.9 Å². The van der Waals surface area contributed by atoms with Gasteiger partial charge in [-0.05, 0) is 37.3 Å². The summed E-state index contributed by atoms with van der Waals surface area (Å²) in [4.78, 5) is 47.9. The molecule has 0 radical (unpaired) electrons. The summed E-state index contributed by atoms with van der Waals surface area (Å²) in [5.41, 5.74) is 1.85. The molecular formula is C23H28N4O3. The lowest BCUT2D eigenvalue weighted by molar-refractivity contribution is -0.148. The van der Waals surface area contributed by atoms with Crippen LogP contribution in [-0.4, -0.2) is 45.2 Å². The fraction of sp³-hybridized carbons (Fsp3) is 0.478. The van der Waals surface area contributed by atoms with Crippen LogP contribution < -0.4 is 5.32 Å². The number of nitrogens with zero attached hydrogens (tertiary/aromatic N) is 2. The Morgan fingerprint density at radius 1 is 1.17 bits per heavy atom. The Kier molecular flexibility index (Phi) is 5.70. The number of rotatable bonds is 7. The number of imide groups is 1. The van der Waals surface area contributed by atoms with E-state index in [4.69, 9.17) is 0 Å². The molecule has 3 atom stereocenters. The van der Waals surface area contributed by atoms with E-state index >= 15 is 0 Å². The molecule has 2 aromatic rings. The molecule has 3 amide bonds. The van der Waals surface area contributed by atoms with Gasteiger partial charge in [-0.1, -0.05) is 38.1 Å². The number of aromatic amines is 1. The van der Waals surface area contributed by atoms with Crippen LogP contribution in [0.3, 0.4) is 0 Å². The van der Waals surface area contributed by atoms with Crippen molar-refractivity contribution in [1.82, 2.24) is 20.2 Å². The molecular weight excluding hydrogens is 380 g/mol. The summed E-state index contributed by atoms with van der Waals surface area (Å²) in [5, 5.41) is 2.92. The first-order chi connectivity index (χ1) is 14.5. The number of likely N-dealkylation sites (tertiary alicyclic amines) is 1. The minimum absolute atomic E-state index is 0.178. The molecule has 2 N–H and O–H groups in total. The van der Waals surface area contributed by atoms with E-state index in [0.29, 0.717) is 32.2 Å². The minimum atomic E-state index is -0.758. The number of hydrogen-bond acceptors (Lipinski definition) is 4. The molecule has 1 aliphatic heterocycles. The van der Waals surface area contributed by atoms with Gasteiger partial charge in [0.2, 0.25) is 17.7 Å². The van der Waals surface area contributed by atoms with E-state index in [9.17, 15) is 14.4 Å². The molecule has 0 spiro atoms. The Hall–Kier alpha value is -2.96. The average Bonchev–Trinajstić information content (AvgIpc) is 3.25. The number of carbonyl (C=O) groups excluding carboxylic acids is 3. The van der Waals surface area contributed by atoms with Gasteiger partial charge in [-0.3, -0.25) is 19.3 Å². The molecule has 158 valence electrons. The third kappa shape index (κ3) is 3.88. The molecule has 1 aromatic heterocycles. The van der Waals surface area contributed by atoms with Crippen molar-refractivity contribution in [2.75, 3.05) is 6.54 Å². The number of fused-ring (bicyclic) bond motifs is 2. The zero-order valence-corrected chi connectivity index (χ0v) is 17.4. The number of nitrogens with one attached hydrogen (secondary N) is 2. The van der Waals surface area contributed by atoms with Crippen molar-refractivity contribution >= 4 is 28.8 Å². The summed E-state index contributed by atoms with van der Waals surface area (Å²) in [5.74, 6) is -0.339. The monoisotopic (exact) mass is 408 g/mol. The maximum atomic E-state index is 13.0. The van der Waals surface area contributed by atoms with Gasteiger partial charge in [0.25, 0.3) is 0 Å². The summed E-state index contributed by atoms with van der Waals surface area (Å²) in [6.45, 7) is 4.38. The van der Waals surface area contributed by atoms with Crippen LogP contribution >= 0.6 is 0 Å². The highest BCUT2D eigenvalue weighted by Crippen LogP contribution is 2.37. The van der Waals surface area contributed by atoms with Crippen molar-refractivity contribution < 1.29 is 14.4 Å². The first-order valence-corrected chi connectivity index (χ1v) is 10.7. The van der Waals surface area contributed by atoms with Gasteiger partial charge in [-0.15, -0.1) is 0 Å². The molecule has 1 aliphatic carbocycles. The summed E-state index contributed by atoms with van der Waals surface area (Å²) in [7, 11) is 0. The average molecular weight is 409 g/mol. The lowest BCUT2D eigenvalue weighted by atomic mass is 9.85. The summed E-state index contributed by atoms with van der Waals surface area (Å²) < 4.78 is 0. The molecule has 4 rings (SSSR count). The zero-order chi connectivity index (χ0) is 21.3. The molecule has 2 aliphatic rings. The summed E-state index contributed by atoms with van der Waals surface area (Å²) in [6, 6.07) is 7.02. The van der Waals surface area contributed by atoms with Crippen molar-refractivity contribution in [1.29, 1.82) is 0 Å². The van der Waals surface area contributed by atoms with Gasteiger partial charge >= 0.3 is 0 Å². The van der Waals surface area contributed by atoms with E-state index in [2.05, 4.69) is 15.3 Å². The largest absolute Gasteiger partial charge is 0.354 e. The van der Waals surface area contributed by atoms with Crippen molar-refractivity contribution in [2.24, 2.45) is 17.8 Å². The predicted octanol–water partition coefficient (Wildman–Crippen LogP) is 2.59. The minimum Gasteiger partial charge on any atom is -0.354 e. The standard InChI is InChI=1S/C23H28N4O3/c1-14(2)13-19(27-22(29)15-7-3-4-8-16(15)23(27)30)21(28)24-12-11-20-25-17-9-5-6-10-18(17)26-20/h3-6,9-10,14-16,19H,7-8,11-13H2,1-2H3,(H,24,28)(H,25,26). The first-order valence-electron chi connectivity index (χ1n) is 10.7. The van der Waals surface area contributed by atoms with Crippen molar-refractivity contribution in [2.45, 2.75) is 45.6 Å². The second-order valence-corrected chi connectivity index (χ2v) is 8.59. The number of carbonyl (C=O) groups is 3. The number of H-pyrrole nitrogens is 1. The molecule has 1 fully saturated rings. The second kappa shape index (κ2) is 8.42. The number of imidazole rings is 1. The Morgan fingerprint density at radius 3 is 2.47 bits per heavy atom. The number of benzene rings is 1. The highest BCUT2D eigenvalue weighted by Gasteiger charge is 2.51. The number of hydrogen-bond donors (Lipinski definition) is 2. The van der Waals surface area contributed by atoms with E-state index < -0.39 is 6.04 Å². The Balaban J connectivity index is 1.43. The van der Waals surface area contributed by atoms with Crippen LogP contribution in [-0.2, 0) is 20.8 Å². The molecule has 3 unspecified atom stereocenters. The highest BCUT2D eigenvalue weighted by molar-refractivity contribution is 6.08. The molecule has 0 bridgehead atoms. The number of aromatic nitrogens is 2. The van der Waals surface area contributed by atoms with Crippen LogP contribution in [0.15, 0.2) is 36.4 Å². The van der Waals surface area contributed by atoms with Crippen LogP contribution in [0.5, 0.6) is 0 Å². The first kappa shape index (κ1) is 20.3. The van der Waals surface area contributed by atoms with Crippen molar-refractivity contribution in [3.8, 4) is 0 Å². The van der Waals surface area contributed by atoms with E-state index in [1.165, 1.54) is 4.90 Å². The van der Waals surface area contributed by atoms with Gasteiger partial charge in [0, 0.05) is 13.0 Å². The Bertz CT molecular complexity index is 934. The summed E-state index contributed by atoms with van der Waals surface area (Å²) >= 11 is 0.